The second kappa shape index (κ2) is 6.88. The van der Waals surface area contributed by atoms with E-state index in [2.05, 4.69) is 5.16 Å². The summed E-state index contributed by atoms with van der Waals surface area (Å²) >= 11 is 0. The van der Waals surface area contributed by atoms with Crippen molar-refractivity contribution in [2.45, 2.75) is 13.3 Å². The second-order valence-corrected chi connectivity index (χ2v) is 5.21. The Hall–Kier alpha value is -2.36. The van der Waals surface area contributed by atoms with E-state index in [4.69, 9.17) is 5.21 Å². The fraction of sp³-hybridized carbons (Fsp3) is 0.294. The SMILES string of the molecule is CC(=NO)C(Cc1ccccc1)C(=O)C1=CC=CCN1C. The van der Waals surface area contributed by atoms with Crippen LogP contribution in [0.25, 0.3) is 0 Å². The van der Waals surface area contributed by atoms with Gasteiger partial charge in [0, 0.05) is 13.6 Å². The number of hydrogen-bond donors (Lipinski definition) is 1. The van der Waals surface area contributed by atoms with Crippen molar-refractivity contribution in [3.05, 3.63) is 59.8 Å². The van der Waals surface area contributed by atoms with Gasteiger partial charge in [0.2, 0.25) is 0 Å². The van der Waals surface area contributed by atoms with E-state index in [1.54, 1.807) is 6.92 Å². The van der Waals surface area contributed by atoms with Crippen molar-refractivity contribution in [1.82, 2.24) is 4.90 Å². The molecule has 1 atom stereocenters. The van der Waals surface area contributed by atoms with Gasteiger partial charge in [-0.15, -0.1) is 0 Å². The Bertz CT molecular complexity index is 588. The van der Waals surface area contributed by atoms with E-state index in [0.717, 1.165) is 5.56 Å². The fourth-order valence-corrected chi connectivity index (χ4v) is 2.40. The van der Waals surface area contributed by atoms with Crippen molar-refractivity contribution in [3.8, 4) is 0 Å². The summed E-state index contributed by atoms with van der Waals surface area (Å²) in [4.78, 5) is 14.7. The van der Waals surface area contributed by atoms with Crippen molar-refractivity contribution in [3.63, 3.8) is 0 Å². The molecule has 0 saturated carbocycles. The number of hydrogen-bond acceptors (Lipinski definition) is 4. The monoisotopic (exact) mass is 284 g/mol. The van der Waals surface area contributed by atoms with E-state index in [1.807, 2.05) is 60.5 Å². The van der Waals surface area contributed by atoms with Crippen LogP contribution in [0.3, 0.4) is 0 Å². The van der Waals surface area contributed by atoms with Gasteiger partial charge in [0.05, 0.1) is 17.3 Å². The normalized spacial score (nSPS) is 16.6. The van der Waals surface area contributed by atoms with Gasteiger partial charge >= 0.3 is 0 Å². The molecule has 1 unspecified atom stereocenters. The molecular weight excluding hydrogens is 264 g/mol. The van der Waals surface area contributed by atoms with Gasteiger partial charge in [-0.25, -0.2) is 0 Å². The van der Waals surface area contributed by atoms with Gasteiger partial charge in [0.1, 0.15) is 0 Å². The molecule has 21 heavy (non-hydrogen) atoms. The molecule has 1 N–H and O–H groups in total. The third kappa shape index (κ3) is 3.60. The smallest absolute Gasteiger partial charge is 0.187 e. The molecule has 0 saturated heterocycles. The zero-order chi connectivity index (χ0) is 15.2. The van der Waals surface area contributed by atoms with E-state index >= 15 is 0 Å². The number of carbonyl (C=O) groups is 1. The fourth-order valence-electron chi connectivity index (χ4n) is 2.40. The first-order valence-electron chi connectivity index (χ1n) is 6.98. The van der Waals surface area contributed by atoms with Crippen LogP contribution in [-0.4, -0.2) is 35.2 Å². The molecule has 2 rings (SSSR count). The molecule has 1 heterocycles. The third-order valence-electron chi connectivity index (χ3n) is 3.69. The largest absolute Gasteiger partial charge is 0.411 e. The molecule has 0 aromatic heterocycles. The summed E-state index contributed by atoms with van der Waals surface area (Å²) < 4.78 is 0. The van der Waals surface area contributed by atoms with Gasteiger partial charge in [-0.2, -0.15) is 0 Å². The van der Waals surface area contributed by atoms with Crippen LogP contribution in [0.5, 0.6) is 0 Å². The first-order valence-corrected chi connectivity index (χ1v) is 6.98. The van der Waals surface area contributed by atoms with Crippen LogP contribution in [0.2, 0.25) is 0 Å². The summed E-state index contributed by atoms with van der Waals surface area (Å²) in [5.74, 6) is -0.460. The van der Waals surface area contributed by atoms with Gasteiger partial charge < -0.3 is 10.1 Å². The van der Waals surface area contributed by atoms with Gasteiger partial charge in [0.15, 0.2) is 5.78 Å². The Morgan fingerprint density at radius 3 is 2.71 bits per heavy atom. The Labute approximate surface area is 125 Å². The zero-order valence-electron chi connectivity index (χ0n) is 12.4. The Balaban J connectivity index is 2.26. The van der Waals surface area contributed by atoms with E-state index in [0.29, 0.717) is 24.4 Å². The lowest BCUT2D eigenvalue weighted by Crippen LogP contribution is -2.33. The lowest BCUT2D eigenvalue weighted by molar-refractivity contribution is -0.118. The quantitative estimate of drug-likeness (QED) is 0.514. The summed E-state index contributed by atoms with van der Waals surface area (Å²) in [5.41, 5.74) is 2.14. The molecule has 110 valence electrons. The first-order chi connectivity index (χ1) is 10.1. The number of benzene rings is 1. The van der Waals surface area contributed by atoms with Crippen LogP contribution < -0.4 is 0 Å². The molecule has 1 aliphatic rings. The zero-order valence-corrected chi connectivity index (χ0v) is 12.4. The van der Waals surface area contributed by atoms with E-state index in [1.165, 1.54) is 0 Å². The molecule has 4 nitrogen and oxygen atoms in total. The number of likely N-dealkylation sites (N-methyl/N-ethyl adjacent to an activating group) is 1. The highest BCUT2D eigenvalue weighted by molar-refractivity contribution is 6.11. The van der Waals surface area contributed by atoms with Crippen LogP contribution >= 0.6 is 0 Å². The lowest BCUT2D eigenvalue weighted by atomic mass is 9.89. The van der Waals surface area contributed by atoms with E-state index in [-0.39, 0.29) is 5.78 Å². The van der Waals surface area contributed by atoms with Crippen molar-refractivity contribution < 1.29 is 10.0 Å². The average molecular weight is 284 g/mol. The second-order valence-electron chi connectivity index (χ2n) is 5.21. The third-order valence-corrected chi connectivity index (χ3v) is 3.69. The van der Waals surface area contributed by atoms with Crippen molar-refractivity contribution in [2.24, 2.45) is 11.1 Å². The minimum absolute atomic E-state index is 0.0130. The molecular formula is C17H20N2O2. The molecule has 1 aromatic rings. The van der Waals surface area contributed by atoms with Gasteiger partial charge in [-0.1, -0.05) is 47.6 Å². The molecule has 0 aliphatic carbocycles. The summed E-state index contributed by atoms with van der Waals surface area (Å²) in [6, 6.07) is 9.78. The summed E-state index contributed by atoms with van der Waals surface area (Å²) in [7, 11) is 1.89. The average Bonchev–Trinajstić information content (AvgIpc) is 2.53. The van der Waals surface area contributed by atoms with Crippen LogP contribution in [-0.2, 0) is 11.2 Å². The predicted molar refractivity (Wildman–Crippen MR) is 83.4 cm³/mol. The maximum absolute atomic E-state index is 12.8. The number of nitrogens with zero attached hydrogens (tertiary/aromatic N) is 2. The maximum atomic E-state index is 12.8. The van der Waals surface area contributed by atoms with Crippen molar-refractivity contribution in [1.29, 1.82) is 0 Å². The van der Waals surface area contributed by atoms with Crippen molar-refractivity contribution >= 4 is 11.5 Å². The maximum Gasteiger partial charge on any atom is 0.187 e. The number of rotatable bonds is 5. The van der Waals surface area contributed by atoms with Gasteiger partial charge in [-0.05, 0) is 25.0 Å². The lowest BCUT2D eigenvalue weighted by Gasteiger charge is -2.25. The molecule has 0 spiro atoms. The molecule has 0 radical (unpaired) electrons. The van der Waals surface area contributed by atoms with Crippen LogP contribution in [0.4, 0.5) is 0 Å². The summed E-state index contributed by atoms with van der Waals surface area (Å²) in [6.45, 7) is 2.40. The van der Waals surface area contributed by atoms with Crippen molar-refractivity contribution in [2.75, 3.05) is 13.6 Å². The molecule has 0 bridgehead atoms. The Kier molecular flexibility index (Phi) is 4.93. The molecule has 1 aliphatic heterocycles. The summed E-state index contributed by atoms with van der Waals surface area (Å²) in [6.07, 6.45) is 6.23. The number of ketones is 1. The number of Topliss-reactive ketones (excluding diaryl/α,β-unsaturated/α-hetero) is 1. The minimum Gasteiger partial charge on any atom is -0.411 e. The van der Waals surface area contributed by atoms with Gasteiger partial charge in [0.25, 0.3) is 0 Å². The van der Waals surface area contributed by atoms with E-state index < -0.39 is 5.92 Å². The number of allylic oxidation sites excluding steroid dienone is 3. The minimum atomic E-state index is -0.447. The topological polar surface area (TPSA) is 52.9 Å². The first kappa shape index (κ1) is 15.0. The van der Waals surface area contributed by atoms with Gasteiger partial charge in [-0.3, -0.25) is 4.79 Å². The summed E-state index contributed by atoms with van der Waals surface area (Å²) in [5, 5.41) is 12.3. The molecule has 0 amide bonds. The molecule has 4 heteroatoms. The predicted octanol–water partition coefficient (Wildman–Crippen LogP) is 2.65. The highest BCUT2D eigenvalue weighted by atomic mass is 16.4. The standard InChI is InChI=1S/C17H20N2O2/c1-13(18-21)15(12-14-8-4-3-5-9-14)17(20)16-10-6-7-11-19(16)2/h3-10,15,21H,11-12H2,1-2H3. The van der Waals surface area contributed by atoms with E-state index in [9.17, 15) is 4.79 Å². The van der Waals surface area contributed by atoms with Crippen LogP contribution in [0, 0.1) is 5.92 Å². The Morgan fingerprint density at radius 2 is 2.10 bits per heavy atom. The highest BCUT2D eigenvalue weighted by Gasteiger charge is 2.27. The molecule has 0 fully saturated rings. The number of oxime groups is 1. The van der Waals surface area contributed by atoms with Crippen LogP contribution in [0.1, 0.15) is 12.5 Å². The van der Waals surface area contributed by atoms with Crippen LogP contribution in [0.15, 0.2) is 59.4 Å². The Morgan fingerprint density at radius 1 is 1.38 bits per heavy atom. The molecule has 1 aromatic carbocycles. The number of carbonyl (C=O) groups excluding carboxylic acids is 1. The highest BCUT2D eigenvalue weighted by Crippen LogP contribution is 2.19.